The summed E-state index contributed by atoms with van der Waals surface area (Å²) in [6, 6.07) is 8.69. The van der Waals surface area contributed by atoms with Crippen LogP contribution < -0.4 is 5.32 Å². The molecule has 1 aromatic carbocycles. The monoisotopic (exact) mass is 256 g/mol. The minimum atomic E-state index is 0.713. The zero-order valence-electron chi connectivity index (χ0n) is 12.1. The molecule has 1 aromatic rings. The maximum absolute atomic E-state index is 3.35. The molecule has 0 unspecified atom stereocenters. The van der Waals surface area contributed by atoms with Gasteiger partial charge in [-0.1, -0.05) is 37.8 Å². The van der Waals surface area contributed by atoms with Crippen LogP contribution in [0.25, 0.3) is 0 Å². The van der Waals surface area contributed by atoms with E-state index < -0.39 is 0 Å². The fraction of sp³-hybridized carbons (Fsp3) is 0.529. The first-order valence-corrected chi connectivity index (χ1v) is 7.25. The fourth-order valence-electron chi connectivity index (χ4n) is 2.32. The van der Waals surface area contributed by atoms with Crippen molar-refractivity contribution in [3.8, 4) is 11.8 Å². The lowest BCUT2D eigenvalue weighted by atomic mass is 10.0. The van der Waals surface area contributed by atoms with Crippen LogP contribution in [0.4, 0.5) is 0 Å². The average molecular weight is 256 g/mol. The first-order valence-electron chi connectivity index (χ1n) is 7.25. The Kier molecular flexibility index (Phi) is 5.44. The van der Waals surface area contributed by atoms with Crippen molar-refractivity contribution < 1.29 is 0 Å². The van der Waals surface area contributed by atoms with E-state index >= 15 is 0 Å². The summed E-state index contributed by atoms with van der Waals surface area (Å²) in [4.78, 5) is 2.40. The summed E-state index contributed by atoms with van der Waals surface area (Å²) in [5.41, 5.74) is 2.53. The lowest BCUT2D eigenvalue weighted by Gasteiger charge is -2.24. The van der Waals surface area contributed by atoms with Gasteiger partial charge < -0.3 is 5.32 Å². The summed E-state index contributed by atoms with van der Waals surface area (Å²) >= 11 is 0. The third kappa shape index (κ3) is 5.06. The molecule has 1 aliphatic rings. The summed E-state index contributed by atoms with van der Waals surface area (Å²) < 4.78 is 0. The number of nitrogens with zero attached hydrogens (tertiary/aromatic N) is 1. The molecule has 0 aromatic heterocycles. The second kappa shape index (κ2) is 7.33. The van der Waals surface area contributed by atoms with E-state index in [0.717, 1.165) is 44.7 Å². The van der Waals surface area contributed by atoms with E-state index in [4.69, 9.17) is 0 Å². The third-order valence-corrected chi connectivity index (χ3v) is 3.34. The van der Waals surface area contributed by atoms with Gasteiger partial charge in [0, 0.05) is 31.7 Å². The number of piperazine rings is 1. The Morgan fingerprint density at radius 3 is 2.47 bits per heavy atom. The molecular formula is C17H24N2. The molecule has 2 rings (SSSR count). The Morgan fingerprint density at radius 1 is 1.16 bits per heavy atom. The van der Waals surface area contributed by atoms with E-state index in [2.05, 4.69) is 60.2 Å². The molecule has 1 fully saturated rings. The molecule has 1 saturated heterocycles. The van der Waals surface area contributed by atoms with Crippen LogP contribution in [0.3, 0.4) is 0 Å². The van der Waals surface area contributed by atoms with Crippen molar-refractivity contribution in [2.24, 2.45) is 5.92 Å². The highest BCUT2D eigenvalue weighted by Gasteiger charge is 2.06. The Labute approximate surface area is 117 Å². The molecule has 2 nitrogen and oxygen atoms in total. The minimum Gasteiger partial charge on any atom is -0.314 e. The van der Waals surface area contributed by atoms with E-state index in [1.807, 2.05) is 0 Å². The van der Waals surface area contributed by atoms with Gasteiger partial charge in [-0.3, -0.25) is 4.90 Å². The number of benzene rings is 1. The molecule has 0 atom stereocenters. The van der Waals surface area contributed by atoms with E-state index in [1.165, 1.54) is 5.56 Å². The Hall–Kier alpha value is -1.30. The predicted molar refractivity (Wildman–Crippen MR) is 81.2 cm³/mol. The SMILES string of the molecule is CC(C)Cc1ccc(C#CCN2CCNCC2)cc1. The number of nitrogens with one attached hydrogen (secondary N) is 1. The third-order valence-electron chi connectivity index (χ3n) is 3.34. The number of rotatable bonds is 3. The molecule has 1 aliphatic heterocycles. The normalized spacial score (nSPS) is 16.2. The van der Waals surface area contributed by atoms with Crippen molar-refractivity contribution in [3.63, 3.8) is 0 Å². The van der Waals surface area contributed by atoms with Crippen LogP contribution in [0.15, 0.2) is 24.3 Å². The highest BCUT2D eigenvalue weighted by molar-refractivity contribution is 5.36. The molecule has 0 radical (unpaired) electrons. The Balaban J connectivity index is 1.85. The molecule has 0 spiro atoms. The lowest BCUT2D eigenvalue weighted by molar-refractivity contribution is 0.268. The molecule has 0 aliphatic carbocycles. The van der Waals surface area contributed by atoms with E-state index in [1.54, 1.807) is 0 Å². The summed E-state index contributed by atoms with van der Waals surface area (Å²) in [5, 5.41) is 3.35. The topological polar surface area (TPSA) is 15.3 Å². The van der Waals surface area contributed by atoms with Crippen LogP contribution >= 0.6 is 0 Å². The second-order valence-corrected chi connectivity index (χ2v) is 5.62. The molecule has 1 N–H and O–H groups in total. The van der Waals surface area contributed by atoms with Gasteiger partial charge >= 0.3 is 0 Å². The molecule has 2 heteroatoms. The van der Waals surface area contributed by atoms with Crippen molar-refractivity contribution >= 4 is 0 Å². The van der Waals surface area contributed by atoms with Crippen LogP contribution in [0.2, 0.25) is 0 Å². The van der Waals surface area contributed by atoms with Crippen molar-refractivity contribution in [2.45, 2.75) is 20.3 Å². The fourth-order valence-corrected chi connectivity index (χ4v) is 2.32. The summed E-state index contributed by atoms with van der Waals surface area (Å²) in [5.74, 6) is 7.25. The number of hydrogen-bond donors (Lipinski definition) is 1. The smallest absolute Gasteiger partial charge is 0.0606 e. The van der Waals surface area contributed by atoms with Gasteiger partial charge in [0.05, 0.1) is 6.54 Å². The lowest BCUT2D eigenvalue weighted by Crippen LogP contribution is -2.43. The van der Waals surface area contributed by atoms with Crippen molar-refractivity contribution in [1.82, 2.24) is 10.2 Å². The van der Waals surface area contributed by atoms with Gasteiger partial charge in [-0.2, -0.15) is 0 Å². The summed E-state index contributed by atoms with van der Waals surface area (Å²) in [6.07, 6.45) is 1.15. The Bertz CT molecular complexity index is 431. The van der Waals surface area contributed by atoms with Crippen LogP contribution in [-0.4, -0.2) is 37.6 Å². The highest BCUT2D eigenvalue weighted by Crippen LogP contribution is 2.09. The average Bonchev–Trinajstić information content (AvgIpc) is 2.41. The van der Waals surface area contributed by atoms with Crippen molar-refractivity contribution in [2.75, 3.05) is 32.7 Å². The Morgan fingerprint density at radius 2 is 1.84 bits per heavy atom. The zero-order valence-corrected chi connectivity index (χ0v) is 12.1. The van der Waals surface area contributed by atoms with Gasteiger partial charge in [-0.15, -0.1) is 0 Å². The maximum Gasteiger partial charge on any atom is 0.0606 e. The van der Waals surface area contributed by atoms with Gasteiger partial charge in [-0.25, -0.2) is 0 Å². The molecule has 0 bridgehead atoms. The van der Waals surface area contributed by atoms with Crippen LogP contribution in [0.1, 0.15) is 25.0 Å². The molecule has 0 saturated carbocycles. The quantitative estimate of drug-likeness (QED) is 0.834. The second-order valence-electron chi connectivity index (χ2n) is 5.62. The van der Waals surface area contributed by atoms with Crippen molar-refractivity contribution in [1.29, 1.82) is 0 Å². The van der Waals surface area contributed by atoms with Gasteiger partial charge in [0.15, 0.2) is 0 Å². The van der Waals surface area contributed by atoms with Crippen LogP contribution in [0, 0.1) is 17.8 Å². The van der Waals surface area contributed by atoms with Gasteiger partial charge in [0.1, 0.15) is 0 Å². The molecule has 0 amide bonds. The highest BCUT2D eigenvalue weighted by atomic mass is 15.2. The molecule has 102 valence electrons. The minimum absolute atomic E-state index is 0.713. The summed E-state index contributed by atoms with van der Waals surface area (Å²) in [6.45, 7) is 9.79. The molecule has 19 heavy (non-hydrogen) atoms. The first-order chi connectivity index (χ1) is 9.24. The first kappa shape index (κ1) is 14.1. The van der Waals surface area contributed by atoms with E-state index in [0.29, 0.717) is 5.92 Å². The van der Waals surface area contributed by atoms with E-state index in [9.17, 15) is 0 Å². The predicted octanol–water partition coefficient (Wildman–Crippen LogP) is 2.14. The van der Waals surface area contributed by atoms with Crippen LogP contribution in [0.5, 0.6) is 0 Å². The molecular weight excluding hydrogens is 232 g/mol. The van der Waals surface area contributed by atoms with Crippen molar-refractivity contribution in [3.05, 3.63) is 35.4 Å². The number of hydrogen-bond acceptors (Lipinski definition) is 2. The maximum atomic E-state index is 3.35. The van der Waals surface area contributed by atoms with Gasteiger partial charge in [0.25, 0.3) is 0 Å². The van der Waals surface area contributed by atoms with E-state index in [-0.39, 0.29) is 0 Å². The van der Waals surface area contributed by atoms with Crippen LogP contribution in [-0.2, 0) is 6.42 Å². The van der Waals surface area contributed by atoms with Gasteiger partial charge in [-0.05, 0) is 30.0 Å². The summed E-state index contributed by atoms with van der Waals surface area (Å²) in [7, 11) is 0. The standard InChI is InChI=1S/C17H24N2/c1-15(2)14-17-7-5-16(6-8-17)4-3-11-19-12-9-18-10-13-19/h5-8,15,18H,9-14H2,1-2H3. The largest absolute Gasteiger partial charge is 0.314 e. The van der Waals surface area contributed by atoms with Gasteiger partial charge in [0.2, 0.25) is 0 Å². The molecule has 1 heterocycles. The zero-order chi connectivity index (χ0) is 13.5.